The first-order valence-corrected chi connectivity index (χ1v) is 8.60. The van der Waals surface area contributed by atoms with Crippen LogP contribution in [0.15, 0.2) is 62.2 Å². The lowest BCUT2D eigenvalue weighted by Gasteiger charge is -2.10. The fourth-order valence-corrected chi connectivity index (χ4v) is 3.25. The van der Waals surface area contributed by atoms with E-state index in [0.29, 0.717) is 33.7 Å². The Balaban J connectivity index is 1.98. The number of anilines is 2. The first-order chi connectivity index (χ1) is 12.9. The summed E-state index contributed by atoms with van der Waals surface area (Å²) in [6, 6.07) is 13.7. The van der Waals surface area contributed by atoms with Gasteiger partial charge in [0, 0.05) is 11.8 Å². The van der Waals surface area contributed by atoms with E-state index in [0.717, 1.165) is 16.8 Å². The average molecular weight is 363 g/mol. The Bertz CT molecular complexity index is 1220. The van der Waals surface area contributed by atoms with E-state index in [-0.39, 0.29) is 0 Å². The molecule has 0 amide bonds. The second kappa shape index (κ2) is 6.43. The minimum absolute atomic E-state index is 0.290. The first kappa shape index (κ1) is 17.1. The summed E-state index contributed by atoms with van der Waals surface area (Å²) >= 11 is 0. The lowest BCUT2D eigenvalue weighted by molar-refractivity contribution is 0.485. The molecule has 4 aromatic rings. The topological polar surface area (TPSA) is 55.4 Å². The highest BCUT2D eigenvalue weighted by molar-refractivity contribution is 6.00. The van der Waals surface area contributed by atoms with Gasteiger partial charge in [0.15, 0.2) is 0 Å². The van der Waals surface area contributed by atoms with Crippen LogP contribution in [0.1, 0.15) is 16.9 Å². The monoisotopic (exact) mass is 363 g/mol. The molecular formula is C22H18FNO3. The van der Waals surface area contributed by atoms with Crippen molar-refractivity contribution >= 4 is 22.5 Å². The number of hydrogen-bond acceptors (Lipinski definition) is 4. The number of rotatable bonds is 3. The maximum Gasteiger partial charge on any atom is 0.347 e. The molecule has 0 aliphatic heterocycles. The second-order valence-electron chi connectivity index (χ2n) is 6.64. The van der Waals surface area contributed by atoms with Crippen LogP contribution in [-0.4, -0.2) is 0 Å². The molecule has 4 nitrogen and oxygen atoms in total. The van der Waals surface area contributed by atoms with Crippen molar-refractivity contribution in [3.8, 4) is 11.1 Å². The summed E-state index contributed by atoms with van der Waals surface area (Å²) in [7, 11) is 0. The third-order valence-electron chi connectivity index (χ3n) is 4.47. The van der Waals surface area contributed by atoms with Crippen molar-refractivity contribution < 1.29 is 13.2 Å². The van der Waals surface area contributed by atoms with Crippen molar-refractivity contribution in [1.29, 1.82) is 0 Å². The first-order valence-electron chi connectivity index (χ1n) is 8.60. The fraction of sp³-hybridized carbons (Fsp3) is 0.136. The lowest BCUT2D eigenvalue weighted by atomic mass is 10.0. The zero-order chi connectivity index (χ0) is 19.1. The number of hydrogen-bond donors (Lipinski definition) is 1. The summed E-state index contributed by atoms with van der Waals surface area (Å²) in [6.07, 6.45) is 0. The normalized spacial score (nSPS) is 11.1. The third kappa shape index (κ3) is 3.12. The van der Waals surface area contributed by atoms with Gasteiger partial charge in [0.2, 0.25) is 5.88 Å². The van der Waals surface area contributed by atoms with Gasteiger partial charge in [0.25, 0.3) is 0 Å². The second-order valence-corrected chi connectivity index (χ2v) is 6.64. The van der Waals surface area contributed by atoms with Gasteiger partial charge in [0.1, 0.15) is 22.5 Å². The molecule has 0 spiro atoms. The van der Waals surface area contributed by atoms with Gasteiger partial charge >= 0.3 is 5.63 Å². The van der Waals surface area contributed by atoms with E-state index in [1.165, 1.54) is 12.1 Å². The Labute approximate surface area is 155 Å². The van der Waals surface area contributed by atoms with Crippen LogP contribution in [0.3, 0.4) is 0 Å². The highest BCUT2D eigenvalue weighted by atomic mass is 19.1. The molecule has 2 aromatic heterocycles. The van der Waals surface area contributed by atoms with E-state index in [2.05, 4.69) is 5.32 Å². The van der Waals surface area contributed by atoms with Crippen molar-refractivity contribution in [3.05, 3.63) is 81.7 Å². The number of aryl methyl sites for hydroxylation is 3. The van der Waals surface area contributed by atoms with Gasteiger partial charge in [0.05, 0.1) is 5.56 Å². The van der Waals surface area contributed by atoms with Crippen LogP contribution < -0.4 is 10.9 Å². The summed E-state index contributed by atoms with van der Waals surface area (Å²) in [5, 5.41) is 3.54. The molecule has 0 unspecified atom stereocenters. The fourth-order valence-electron chi connectivity index (χ4n) is 3.25. The quantitative estimate of drug-likeness (QED) is 0.495. The van der Waals surface area contributed by atoms with Crippen molar-refractivity contribution in [3.63, 3.8) is 0 Å². The van der Waals surface area contributed by atoms with Crippen LogP contribution in [0.2, 0.25) is 0 Å². The maximum absolute atomic E-state index is 13.8. The van der Waals surface area contributed by atoms with Gasteiger partial charge in [-0.3, -0.25) is 0 Å². The Morgan fingerprint density at radius 2 is 1.78 bits per heavy atom. The van der Waals surface area contributed by atoms with Crippen LogP contribution in [-0.2, 0) is 0 Å². The van der Waals surface area contributed by atoms with Gasteiger partial charge < -0.3 is 14.2 Å². The number of nitrogens with one attached hydrogen (secondary N) is 1. The van der Waals surface area contributed by atoms with E-state index >= 15 is 0 Å². The number of furan rings is 1. The molecule has 136 valence electrons. The van der Waals surface area contributed by atoms with Crippen LogP contribution in [0.4, 0.5) is 16.0 Å². The van der Waals surface area contributed by atoms with Gasteiger partial charge in [-0.25, -0.2) is 9.18 Å². The predicted octanol–water partition coefficient (Wildman–Crippen LogP) is 5.86. The Hall–Kier alpha value is -3.34. The van der Waals surface area contributed by atoms with Gasteiger partial charge in [-0.15, -0.1) is 0 Å². The molecule has 2 heterocycles. The Kier molecular flexibility index (Phi) is 4.07. The molecule has 0 aliphatic rings. The molecule has 5 heteroatoms. The van der Waals surface area contributed by atoms with Crippen LogP contribution in [0.5, 0.6) is 0 Å². The maximum atomic E-state index is 13.8. The number of halogens is 1. The Morgan fingerprint density at radius 1 is 0.963 bits per heavy atom. The zero-order valence-electron chi connectivity index (χ0n) is 15.2. The van der Waals surface area contributed by atoms with E-state index < -0.39 is 11.4 Å². The van der Waals surface area contributed by atoms with Gasteiger partial charge in [-0.2, -0.15) is 0 Å². The molecule has 0 bridgehead atoms. The molecule has 0 radical (unpaired) electrons. The highest BCUT2D eigenvalue weighted by Crippen LogP contribution is 2.39. The summed E-state index contributed by atoms with van der Waals surface area (Å²) in [5.41, 5.74) is 3.93. The predicted molar refractivity (Wildman–Crippen MR) is 104 cm³/mol. The van der Waals surface area contributed by atoms with Gasteiger partial charge in [-0.1, -0.05) is 29.8 Å². The molecule has 0 saturated heterocycles. The third-order valence-corrected chi connectivity index (χ3v) is 4.47. The molecule has 2 aromatic carbocycles. The van der Waals surface area contributed by atoms with Crippen molar-refractivity contribution in [2.75, 3.05) is 5.32 Å². The van der Waals surface area contributed by atoms with Crippen molar-refractivity contribution in [2.24, 2.45) is 0 Å². The zero-order valence-corrected chi connectivity index (χ0v) is 15.2. The van der Waals surface area contributed by atoms with Crippen LogP contribution in [0.25, 0.3) is 22.1 Å². The highest BCUT2D eigenvalue weighted by Gasteiger charge is 2.21. The molecule has 27 heavy (non-hydrogen) atoms. The van der Waals surface area contributed by atoms with Crippen LogP contribution in [0, 0.1) is 26.6 Å². The minimum Gasteiger partial charge on any atom is -0.439 e. The van der Waals surface area contributed by atoms with Crippen LogP contribution >= 0.6 is 0 Å². The lowest BCUT2D eigenvalue weighted by Crippen LogP contribution is -2.00. The molecule has 0 fully saturated rings. The number of fused-ring (bicyclic) bond motifs is 1. The SMILES string of the molecule is Cc1ccc(Nc2oc3cc(C)oc(=O)c3c2-c2cccc(F)c2)c(C)c1. The van der Waals surface area contributed by atoms with E-state index in [4.69, 9.17) is 8.83 Å². The molecule has 0 saturated carbocycles. The minimum atomic E-state index is -0.512. The summed E-state index contributed by atoms with van der Waals surface area (Å²) in [6.45, 7) is 5.69. The molecular weight excluding hydrogens is 345 g/mol. The number of benzene rings is 2. The van der Waals surface area contributed by atoms with E-state index in [1.807, 2.05) is 32.0 Å². The standard InChI is InChI=1S/C22H18FNO3/c1-12-7-8-17(13(2)9-12)24-21-19(15-5-4-6-16(23)11-15)20-18(27-21)10-14(3)26-22(20)25/h4-11,24H,1-3H3. The summed E-state index contributed by atoms with van der Waals surface area (Å²) in [5.74, 6) is 0.432. The van der Waals surface area contributed by atoms with E-state index in [1.54, 1.807) is 25.1 Å². The largest absolute Gasteiger partial charge is 0.439 e. The summed E-state index contributed by atoms with van der Waals surface area (Å²) in [4.78, 5) is 12.5. The molecule has 4 rings (SSSR count). The smallest absolute Gasteiger partial charge is 0.347 e. The van der Waals surface area contributed by atoms with Gasteiger partial charge in [-0.05, 0) is 50.1 Å². The average Bonchev–Trinajstić information content (AvgIpc) is 2.95. The summed E-state index contributed by atoms with van der Waals surface area (Å²) < 4.78 is 25.0. The van der Waals surface area contributed by atoms with E-state index in [9.17, 15) is 9.18 Å². The Morgan fingerprint density at radius 3 is 2.52 bits per heavy atom. The molecule has 1 N–H and O–H groups in total. The molecule has 0 atom stereocenters. The van der Waals surface area contributed by atoms with Crippen molar-refractivity contribution in [2.45, 2.75) is 20.8 Å². The van der Waals surface area contributed by atoms with Crippen molar-refractivity contribution in [1.82, 2.24) is 0 Å². The molecule has 0 aliphatic carbocycles.